The maximum atomic E-state index is 13.1. The molecule has 1 aromatic carbocycles. The van der Waals surface area contributed by atoms with Crippen molar-refractivity contribution in [2.45, 2.75) is 84.0 Å². The number of esters is 1. The van der Waals surface area contributed by atoms with Crippen LogP contribution in [0, 0.1) is 10.1 Å². The number of non-ortho nitro benzene ring substituents is 1. The topological polar surface area (TPSA) is 108 Å². The third kappa shape index (κ3) is 5.18. The van der Waals surface area contributed by atoms with Crippen molar-refractivity contribution in [3.8, 4) is 5.75 Å². The Morgan fingerprint density at radius 2 is 1.97 bits per heavy atom. The number of nitro benzene ring substituents is 1. The van der Waals surface area contributed by atoms with Crippen LogP contribution < -0.4 is 4.74 Å². The van der Waals surface area contributed by atoms with Crippen LogP contribution >= 0.6 is 0 Å². The number of nitrogens with zero attached hydrogens (tertiary/aromatic N) is 2. The first-order chi connectivity index (χ1) is 16.3. The number of amides is 1. The average Bonchev–Trinajstić information content (AvgIpc) is 3.17. The molecule has 0 saturated heterocycles. The van der Waals surface area contributed by atoms with E-state index in [2.05, 4.69) is 6.92 Å². The minimum atomic E-state index is -0.885. The molecule has 0 fully saturated rings. The number of benzene rings is 1. The number of hydrogen-bond acceptors (Lipinski definition) is 7. The Bertz CT molecular complexity index is 955. The van der Waals surface area contributed by atoms with Gasteiger partial charge in [0.25, 0.3) is 11.6 Å². The van der Waals surface area contributed by atoms with Crippen LogP contribution in [0.25, 0.3) is 0 Å². The minimum Gasteiger partial charge on any atom is -0.496 e. The highest BCUT2D eigenvalue weighted by Crippen LogP contribution is 2.49. The van der Waals surface area contributed by atoms with Crippen molar-refractivity contribution in [1.29, 1.82) is 0 Å². The van der Waals surface area contributed by atoms with E-state index < -0.39 is 28.6 Å². The summed E-state index contributed by atoms with van der Waals surface area (Å²) in [7, 11) is 0. The van der Waals surface area contributed by atoms with Gasteiger partial charge in [0.2, 0.25) is 0 Å². The van der Waals surface area contributed by atoms with Crippen molar-refractivity contribution in [1.82, 2.24) is 4.90 Å². The largest absolute Gasteiger partial charge is 0.496 e. The lowest BCUT2D eigenvalue weighted by molar-refractivity contribution is -0.385. The average molecular weight is 475 g/mol. The molecule has 2 aliphatic rings. The standard InChI is InChI=1S/C25H34N2O7/c1-5-8-9-10-13-32-19-15-22(29)26(16-19)23-20-14-18(27(30)31)11-12-21(20)34-25(6-2,7-3)24(23)33-17(4)28/h11-12,14-15,23-24H,5-10,13,16H2,1-4H3/t23-,24+/m0/s1. The van der Waals surface area contributed by atoms with Crippen molar-refractivity contribution in [3.63, 3.8) is 0 Å². The van der Waals surface area contributed by atoms with Gasteiger partial charge in [0.15, 0.2) is 6.10 Å². The first-order valence-electron chi connectivity index (χ1n) is 12.0. The summed E-state index contributed by atoms with van der Waals surface area (Å²) in [6.07, 6.45) is 5.87. The molecular formula is C25H34N2O7. The molecule has 0 aromatic heterocycles. The zero-order valence-electron chi connectivity index (χ0n) is 20.4. The summed E-state index contributed by atoms with van der Waals surface area (Å²) in [5, 5.41) is 11.5. The first kappa shape index (κ1) is 25.5. The summed E-state index contributed by atoms with van der Waals surface area (Å²) in [5.74, 6) is 0.196. The summed E-state index contributed by atoms with van der Waals surface area (Å²) in [6.45, 7) is 8.03. The Balaban J connectivity index is 1.98. The second kappa shape index (κ2) is 10.9. The Morgan fingerprint density at radius 3 is 2.59 bits per heavy atom. The molecule has 0 spiro atoms. The van der Waals surface area contributed by atoms with Crippen molar-refractivity contribution in [2.24, 2.45) is 0 Å². The smallest absolute Gasteiger partial charge is 0.303 e. The van der Waals surface area contributed by atoms with Gasteiger partial charge >= 0.3 is 5.97 Å². The molecule has 1 amide bonds. The number of rotatable bonds is 11. The maximum absolute atomic E-state index is 13.1. The summed E-state index contributed by atoms with van der Waals surface area (Å²) in [4.78, 5) is 37.8. The fraction of sp³-hybridized carbons (Fsp3) is 0.600. The summed E-state index contributed by atoms with van der Waals surface area (Å²) in [6, 6.07) is 3.59. The van der Waals surface area contributed by atoms with Crippen LogP contribution in [-0.4, -0.2) is 46.6 Å². The highest BCUT2D eigenvalue weighted by Gasteiger charge is 2.54. The molecule has 0 saturated carbocycles. The first-order valence-corrected chi connectivity index (χ1v) is 12.0. The number of carbonyl (C=O) groups excluding carboxylic acids is 2. The van der Waals surface area contributed by atoms with Gasteiger partial charge in [0.1, 0.15) is 23.2 Å². The van der Waals surface area contributed by atoms with E-state index in [1.54, 1.807) is 11.0 Å². The molecule has 2 aliphatic heterocycles. The van der Waals surface area contributed by atoms with Crippen LogP contribution in [-0.2, 0) is 19.1 Å². The number of hydrogen-bond donors (Lipinski definition) is 0. The molecule has 0 N–H and O–H groups in total. The van der Waals surface area contributed by atoms with Gasteiger partial charge in [-0.3, -0.25) is 19.7 Å². The number of ether oxygens (including phenoxy) is 3. The third-order valence-electron chi connectivity index (χ3n) is 6.65. The van der Waals surface area contributed by atoms with Crippen LogP contribution in [0.1, 0.15) is 77.8 Å². The zero-order valence-corrected chi connectivity index (χ0v) is 20.4. The van der Waals surface area contributed by atoms with Crippen LogP contribution in [0.2, 0.25) is 0 Å². The molecule has 9 heteroatoms. The normalized spacial score (nSPS) is 20.9. The van der Waals surface area contributed by atoms with Gasteiger partial charge < -0.3 is 19.1 Å². The lowest BCUT2D eigenvalue weighted by atomic mass is 9.79. The Hall–Kier alpha value is -3.10. The summed E-state index contributed by atoms with van der Waals surface area (Å²) >= 11 is 0. The second-order valence-corrected chi connectivity index (χ2v) is 8.81. The van der Waals surface area contributed by atoms with Crippen LogP contribution in [0.15, 0.2) is 30.0 Å². The molecule has 0 radical (unpaired) electrons. The highest BCUT2D eigenvalue weighted by atomic mass is 16.6. The summed E-state index contributed by atoms with van der Waals surface area (Å²) < 4.78 is 18.0. The van der Waals surface area contributed by atoms with Crippen molar-refractivity contribution in [3.05, 3.63) is 45.7 Å². The number of fused-ring (bicyclic) bond motifs is 1. The van der Waals surface area contributed by atoms with Gasteiger partial charge in [-0.25, -0.2) is 0 Å². The van der Waals surface area contributed by atoms with Crippen molar-refractivity contribution >= 4 is 17.6 Å². The lowest BCUT2D eigenvalue weighted by Crippen LogP contribution is -2.58. The van der Waals surface area contributed by atoms with Gasteiger partial charge in [0, 0.05) is 30.7 Å². The SMILES string of the molecule is CCCCCCOC1=CC(=O)N([C@H]2c3cc([N+](=O)[O-])ccc3OC(CC)(CC)[C@@H]2OC(C)=O)C1. The van der Waals surface area contributed by atoms with E-state index >= 15 is 0 Å². The van der Waals surface area contributed by atoms with E-state index in [0.717, 1.165) is 25.7 Å². The fourth-order valence-electron chi connectivity index (χ4n) is 4.75. The molecule has 0 unspecified atom stereocenters. The van der Waals surface area contributed by atoms with E-state index in [1.165, 1.54) is 25.1 Å². The van der Waals surface area contributed by atoms with Crippen LogP contribution in [0.3, 0.4) is 0 Å². The lowest BCUT2D eigenvalue weighted by Gasteiger charge is -2.49. The quantitative estimate of drug-likeness (QED) is 0.195. The molecule has 3 rings (SSSR count). The molecule has 2 atom stereocenters. The van der Waals surface area contributed by atoms with Gasteiger partial charge in [-0.2, -0.15) is 0 Å². The second-order valence-electron chi connectivity index (χ2n) is 8.81. The van der Waals surface area contributed by atoms with Gasteiger partial charge in [-0.1, -0.05) is 40.0 Å². The Labute approximate surface area is 200 Å². The molecule has 34 heavy (non-hydrogen) atoms. The summed E-state index contributed by atoms with van der Waals surface area (Å²) in [5.41, 5.74) is -0.561. The fourth-order valence-corrected chi connectivity index (χ4v) is 4.75. The maximum Gasteiger partial charge on any atom is 0.303 e. The number of unbranched alkanes of at least 4 members (excludes halogenated alkanes) is 3. The molecule has 2 heterocycles. The molecule has 0 bridgehead atoms. The Morgan fingerprint density at radius 1 is 1.24 bits per heavy atom. The minimum absolute atomic E-state index is 0.124. The molecule has 9 nitrogen and oxygen atoms in total. The van der Waals surface area contributed by atoms with E-state index in [1.807, 2.05) is 13.8 Å². The van der Waals surface area contributed by atoms with Crippen LogP contribution in [0.4, 0.5) is 5.69 Å². The third-order valence-corrected chi connectivity index (χ3v) is 6.65. The van der Waals surface area contributed by atoms with Gasteiger partial charge in [0.05, 0.1) is 18.1 Å². The predicted molar refractivity (Wildman–Crippen MR) is 125 cm³/mol. The molecule has 1 aromatic rings. The Kier molecular flexibility index (Phi) is 8.17. The highest BCUT2D eigenvalue weighted by molar-refractivity contribution is 5.91. The van der Waals surface area contributed by atoms with Crippen molar-refractivity contribution < 1.29 is 28.7 Å². The van der Waals surface area contributed by atoms with Crippen LogP contribution in [0.5, 0.6) is 5.75 Å². The monoisotopic (exact) mass is 474 g/mol. The van der Waals surface area contributed by atoms with Gasteiger partial charge in [-0.05, 0) is 25.3 Å². The van der Waals surface area contributed by atoms with E-state index in [4.69, 9.17) is 14.2 Å². The van der Waals surface area contributed by atoms with E-state index in [9.17, 15) is 19.7 Å². The van der Waals surface area contributed by atoms with E-state index in [0.29, 0.717) is 36.5 Å². The predicted octanol–water partition coefficient (Wildman–Crippen LogP) is 4.84. The van der Waals surface area contributed by atoms with Crippen molar-refractivity contribution in [2.75, 3.05) is 13.2 Å². The molecule has 186 valence electrons. The number of carbonyl (C=O) groups is 2. The zero-order chi connectivity index (χ0) is 24.9. The molecular weight excluding hydrogens is 440 g/mol. The van der Waals surface area contributed by atoms with Gasteiger partial charge in [-0.15, -0.1) is 0 Å². The number of nitro groups is 1. The molecule has 0 aliphatic carbocycles. The van der Waals surface area contributed by atoms with E-state index in [-0.39, 0.29) is 18.1 Å².